The smallest absolute Gasteiger partial charge is 0.195 e. The summed E-state index contributed by atoms with van der Waals surface area (Å²) in [4.78, 5) is 9.27. The van der Waals surface area contributed by atoms with Crippen LogP contribution in [0.15, 0.2) is 39.7 Å². The Kier molecular flexibility index (Phi) is 5.92. The first kappa shape index (κ1) is 22.7. The van der Waals surface area contributed by atoms with Crippen LogP contribution >= 0.6 is 11.6 Å². The molecule has 1 N–H and O–H groups in total. The second-order valence-electron chi connectivity index (χ2n) is 8.50. The molecule has 0 aliphatic carbocycles. The summed E-state index contributed by atoms with van der Waals surface area (Å²) in [5, 5.41) is 10.4. The van der Waals surface area contributed by atoms with E-state index >= 15 is 0 Å². The van der Waals surface area contributed by atoms with Gasteiger partial charge in [0.2, 0.25) is 0 Å². The number of aliphatic hydroxyl groups excluding tert-OH is 1. The Morgan fingerprint density at radius 1 is 1.21 bits per heavy atom. The van der Waals surface area contributed by atoms with Gasteiger partial charge in [0.25, 0.3) is 0 Å². The summed E-state index contributed by atoms with van der Waals surface area (Å²) in [5.41, 5.74) is 3.52. The molecule has 176 valence electrons. The van der Waals surface area contributed by atoms with Gasteiger partial charge in [-0.3, -0.25) is 0 Å². The highest BCUT2D eigenvalue weighted by Gasteiger charge is 2.48. The van der Waals surface area contributed by atoms with Crippen molar-refractivity contribution in [2.45, 2.75) is 30.8 Å². The highest BCUT2D eigenvalue weighted by atomic mass is 35.5. The maximum atomic E-state index is 12.5. The molecule has 9 nitrogen and oxygen atoms in total. The van der Waals surface area contributed by atoms with Crippen LogP contribution in [0.25, 0.3) is 11.3 Å². The maximum Gasteiger partial charge on any atom is 0.195 e. The maximum absolute atomic E-state index is 12.5. The Hall–Kier alpha value is -2.08. The number of benzene rings is 1. The monoisotopic (exact) mass is 492 g/mol. The van der Waals surface area contributed by atoms with Gasteiger partial charge in [0.05, 0.1) is 47.4 Å². The van der Waals surface area contributed by atoms with E-state index in [0.717, 1.165) is 11.3 Å². The molecule has 0 amide bonds. The standard InChI is InChI=1S/C22H25ClN4O5S/c1-27(2)33(3,29)26-13-6-4-12(5-7-13)20-14(23)8-15-16(25-20)9-19(24-15)32-18-11-31-21-17(28)10-30-22(18)21/h4-8,17-18,21-22,28H,9-11H2,1-3H3/t17-,18-,21-,22-,33?/m1/s1. The van der Waals surface area contributed by atoms with Gasteiger partial charge in [0.1, 0.15) is 28.2 Å². The first-order valence-electron chi connectivity index (χ1n) is 10.6. The van der Waals surface area contributed by atoms with Gasteiger partial charge in [-0.25, -0.2) is 18.5 Å². The summed E-state index contributed by atoms with van der Waals surface area (Å²) < 4.78 is 35.7. The third-order valence-corrected chi connectivity index (χ3v) is 8.15. The van der Waals surface area contributed by atoms with Crippen LogP contribution in [0.5, 0.6) is 0 Å². The van der Waals surface area contributed by atoms with Crippen LogP contribution < -0.4 is 0 Å². The molecule has 33 heavy (non-hydrogen) atoms. The molecule has 11 heteroatoms. The predicted molar refractivity (Wildman–Crippen MR) is 126 cm³/mol. The van der Waals surface area contributed by atoms with Crippen LogP contribution in [0.4, 0.5) is 11.4 Å². The molecule has 2 fully saturated rings. The van der Waals surface area contributed by atoms with Crippen LogP contribution in [-0.2, 0) is 30.5 Å². The topological polar surface area (TPSA) is 106 Å². The van der Waals surface area contributed by atoms with Gasteiger partial charge < -0.3 is 19.3 Å². The number of rotatable bonds is 4. The van der Waals surface area contributed by atoms with Crippen LogP contribution in [0.3, 0.4) is 0 Å². The summed E-state index contributed by atoms with van der Waals surface area (Å²) in [6.07, 6.45) is 0.435. The zero-order chi connectivity index (χ0) is 23.3. The van der Waals surface area contributed by atoms with E-state index in [1.165, 1.54) is 0 Å². The number of fused-ring (bicyclic) bond motifs is 2. The molecule has 1 aromatic heterocycles. The van der Waals surface area contributed by atoms with Crippen molar-refractivity contribution in [1.29, 1.82) is 0 Å². The van der Waals surface area contributed by atoms with Crippen molar-refractivity contribution < 1.29 is 23.5 Å². The Morgan fingerprint density at radius 2 is 1.94 bits per heavy atom. The molecule has 1 unspecified atom stereocenters. The van der Waals surface area contributed by atoms with Gasteiger partial charge in [-0.1, -0.05) is 23.7 Å². The fourth-order valence-corrected chi connectivity index (χ4v) is 4.94. The molecule has 1 aromatic carbocycles. The van der Waals surface area contributed by atoms with Crippen molar-refractivity contribution in [2.24, 2.45) is 9.36 Å². The summed E-state index contributed by atoms with van der Waals surface area (Å²) in [7, 11) is 1.00. The Balaban J connectivity index is 1.32. The molecule has 3 aliphatic heterocycles. The van der Waals surface area contributed by atoms with Crippen molar-refractivity contribution in [1.82, 2.24) is 9.29 Å². The summed E-state index contributed by atoms with van der Waals surface area (Å²) in [6, 6.07) is 9.09. The lowest BCUT2D eigenvalue weighted by molar-refractivity contribution is 0.00558. The van der Waals surface area contributed by atoms with Gasteiger partial charge in [0, 0.05) is 25.9 Å². The lowest BCUT2D eigenvalue weighted by atomic mass is 10.1. The van der Waals surface area contributed by atoms with Gasteiger partial charge in [-0.2, -0.15) is 4.36 Å². The zero-order valence-corrected chi connectivity index (χ0v) is 20.0. The van der Waals surface area contributed by atoms with E-state index < -0.39 is 16.0 Å². The molecule has 0 spiro atoms. The molecular weight excluding hydrogens is 468 g/mol. The molecule has 0 saturated carbocycles. The highest BCUT2D eigenvalue weighted by Crippen LogP contribution is 2.36. The minimum absolute atomic E-state index is 0.249. The second kappa shape index (κ2) is 8.61. The fraction of sp³-hybridized carbons (Fsp3) is 0.455. The number of nitrogens with zero attached hydrogens (tertiary/aromatic N) is 4. The molecule has 3 aliphatic rings. The van der Waals surface area contributed by atoms with Crippen LogP contribution in [-0.4, -0.2) is 82.5 Å². The van der Waals surface area contributed by atoms with Crippen LogP contribution in [0.2, 0.25) is 5.02 Å². The van der Waals surface area contributed by atoms with Crippen molar-refractivity contribution >= 4 is 38.8 Å². The number of pyridine rings is 1. The number of aromatic nitrogens is 1. The predicted octanol–water partition coefficient (Wildman–Crippen LogP) is 2.74. The molecule has 5 rings (SSSR count). The average Bonchev–Trinajstić information content (AvgIpc) is 3.45. The minimum atomic E-state index is -2.46. The first-order chi connectivity index (χ1) is 15.7. The molecule has 5 atom stereocenters. The van der Waals surface area contributed by atoms with E-state index in [0.29, 0.717) is 41.0 Å². The first-order valence-corrected chi connectivity index (χ1v) is 12.8. The largest absolute Gasteiger partial charge is 0.472 e. The Labute approximate surface area is 197 Å². The minimum Gasteiger partial charge on any atom is -0.472 e. The van der Waals surface area contributed by atoms with Gasteiger partial charge in [-0.15, -0.1) is 0 Å². The number of hydrogen-bond donors (Lipinski definition) is 1. The van der Waals surface area contributed by atoms with Crippen LogP contribution in [0.1, 0.15) is 5.69 Å². The van der Waals surface area contributed by atoms with Crippen molar-refractivity contribution in [2.75, 3.05) is 33.6 Å². The quantitative estimate of drug-likeness (QED) is 0.703. The molecule has 0 bridgehead atoms. The van der Waals surface area contributed by atoms with E-state index in [-0.39, 0.29) is 24.9 Å². The van der Waals surface area contributed by atoms with E-state index in [1.54, 1.807) is 42.9 Å². The second-order valence-corrected chi connectivity index (χ2v) is 11.3. The zero-order valence-electron chi connectivity index (χ0n) is 18.5. The number of aliphatic imine (C=N–C) groups is 1. The van der Waals surface area contributed by atoms with E-state index in [2.05, 4.69) is 9.36 Å². The van der Waals surface area contributed by atoms with E-state index in [1.807, 2.05) is 12.1 Å². The third-order valence-electron chi connectivity index (χ3n) is 5.96. The molecule has 2 aromatic rings. The highest BCUT2D eigenvalue weighted by molar-refractivity contribution is 7.90. The lowest BCUT2D eigenvalue weighted by Gasteiger charge is -2.17. The fourth-order valence-electron chi connectivity index (χ4n) is 4.01. The number of hydrogen-bond acceptors (Lipinski definition) is 8. The van der Waals surface area contributed by atoms with Crippen molar-refractivity contribution in [3.8, 4) is 11.3 Å². The van der Waals surface area contributed by atoms with Gasteiger partial charge >= 0.3 is 0 Å². The van der Waals surface area contributed by atoms with Gasteiger partial charge in [0.15, 0.2) is 12.0 Å². The molecule has 0 radical (unpaired) electrons. The summed E-state index contributed by atoms with van der Waals surface area (Å²) >= 11 is 6.52. The molecular formula is C22H25ClN4O5S. The summed E-state index contributed by atoms with van der Waals surface area (Å²) in [6.45, 7) is 0.593. The SMILES string of the molecule is CN(C)S(C)(=O)=Nc1ccc(-c2nc3c(cc2Cl)N=C(O[C@@H]2CO[C@H]4[C@@H]2OC[C@H]4O)C3)cc1. The Morgan fingerprint density at radius 3 is 2.67 bits per heavy atom. The van der Waals surface area contributed by atoms with E-state index in [4.69, 9.17) is 30.8 Å². The number of aliphatic hydroxyl groups is 1. The molecule has 4 heterocycles. The average molecular weight is 493 g/mol. The van der Waals surface area contributed by atoms with Crippen molar-refractivity contribution in [3.05, 3.63) is 41.0 Å². The van der Waals surface area contributed by atoms with E-state index in [9.17, 15) is 9.32 Å². The van der Waals surface area contributed by atoms with Gasteiger partial charge in [-0.05, 0) is 18.2 Å². The Bertz CT molecular complexity index is 1230. The van der Waals surface area contributed by atoms with Crippen molar-refractivity contribution in [3.63, 3.8) is 0 Å². The number of ether oxygens (including phenoxy) is 3. The number of halogens is 1. The summed E-state index contributed by atoms with van der Waals surface area (Å²) in [5.74, 6) is 0.528. The third kappa shape index (κ3) is 4.39. The normalized spacial score (nSPS) is 27.8. The molecule has 2 saturated heterocycles. The lowest BCUT2D eigenvalue weighted by Crippen LogP contribution is -2.34. The van der Waals surface area contributed by atoms with Crippen LogP contribution in [0, 0.1) is 0 Å².